The van der Waals surface area contributed by atoms with Crippen molar-refractivity contribution in [1.82, 2.24) is 24.1 Å². The van der Waals surface area contributed by atoms with E-state index in [0.29, 0.717) is 28.7 Å². The zero-order valence-electron chi connectivity index (χ0n) is 32.0. The van der Waals surface area contributed by atoms with Crippen molar-refractivity contribution < 1.29 is 0 Å². The normalized spacial score (nSPS) is 11.3. The average molecular weight is 766 g/mol. The van der Waals surface area contributed by atoms with Gasteiger partial charge in [-0.25, -0.2) is 19.8 Å². The van der Waals surface area contributed by atoms with Crippen molar-refractivity contribution in [3.05, 3.63) is 205 Å². The Hall–Kier alpha value is -8.65. The Labute approximate surface area is 345 Å². The average Bonchev–Trinajstić information content (AvgIpc) is 3.82. The SMILES string of the molecule is [C-]#[N+]c1ccccc1-c1ccc(-n2c3ccccc3c3cc4c5ccccc5n(-c5ccc(-c6nc(-c7ccccc7)nc(-c7ccccc7)n6)cc5C#N)c4cc32)cc1. The number of fused-ring (bicyclic) bond motifs is 6. The summed E-state index contributed by atoms with van der Waals surface area (Å²) in [6.07, 6.45) is 0. The van der Waals surface area contributed by atoms with E-state index in [2.05, 4.69) is 98.9 Å². The smallest absolute Gasteiger partial charge is 0.194 e. The van der Waals surface area contributed by atoms with Gasteiger partial charge in [-0.05, 0) is 65.7 Å². The maximum Gasteiger partial charge on any atom is 0.194 e. The van der Waals surface area contributed by atoms with Crippen LogP contribution in [0.3, 0.4) is 0 Å². The molecule has 8 aromatic carbocycles. The molecule has 11 rings (SSSR count). The molecule has 0 spiro atoms. The fourth-order valence-electron chi connectivity index (χ4n) is 8.47. The van der Waals surface area contributed by atoms with Crippen molar-refractivity contribution in [2.45, 2.75) is 0 Å². The third-order valence-corrected chi connectivity index (χ3v) is 11.2. The Balaban J connectivity index is 1.11. The third kappa shape index (κ3) is 5.61. The van der Waals surface area contributed by atoms with Gasteiger partial charge in [0.25, 0.3) is 0 Å². The van der Waals surface area contributed by atoms with E-state index >= 15 is 0 Å². The van der Waals surface area contributed by atoms with Crippen molar-refractivity contribution in [3.63, 3.8) is 0 Å². The fourth-order valence-corrected chi connectivity index (χ4v) is 8.47. The summed E-state index contributed by atoms with van der Waals surface area (Å²) >= 11 is 0. The number of hydrogen-bond acceptors (Lipinski definition) is 4. The van der Waals surface area contributed by atoms with Crippen LogP contribution < -0.4 is 0 Å². The minimum Gasteiger partial charge on any atom is -0.309 e. The van der Waals surface area contributed by atoms with Crippen LogP contribution in [0.15, 0.2) is 188 Å². The summed E-state index contributed by atoms with van der Waals surface area (Å²) in [5, 5.41) is 15.3. The molecule has 0 aliphatic carbocycles. The van der Waals surface area contributed by atoms with Crippen molar-refractivity contribution in [1.29, 1.82) is 5.26 Å². The molecule has 60 heavy (non-hydrogen) atoms. The quantitative estimate of drug-likeness (QED) is 0.158. The molecule has 0 fully saturated rings. The molecule has 0 aliphatic heterocycles. The van der Waals surface area contributed by atoms with Gasteiger partial charge in [0.15, 0.2) is 23.2 Å². The van der Waals surface area contributed by atoms with Gasteiger partial charge in [0.05, 0.1) is 39.9 Å². The second-order valence-electron chi connectivity index (χ2n) is 14.6. The lowest BCUT2D eigenvalue weighted by Gasteiger charge is -2.13. The first-order chi connectivity index (χ1) is 29.7. The third-order valence-electron chi connectivity index (χ3n) is 11.2. The predicted molar refractivity (Wildman–Crippen MR) is 241 cm³/mol. The standard InChI is InChI=1S/C53H31N7/c1-55-45-21-11-8-18-40(45)34-24-27-39(28-25-34)59-47-22-12-9-19-41(47)43-31-44-42-20-10-13-23-48(42)60(50(44)32-49(43)59)46-29-26-37(30-38(46)33-54)53-57-51(35-14-4-2-5-15-35)56-52(58-53)36-16-6-3-7-17-36/h2-32H. The zero-order chi connectivity index (χ0) is 40.2. The molecular weight excluding hydrogens is 735 g/mol. The molecule has 0 aliphatic rings. The number of nitriles is 1. The Bertz CT molecular complexity index is 3490. The molecule has 7 nitrogen and oxygen atoms in total. The lowest BCUT2D eigenvalue weighted by atomic mass is 10.0. The number of hydrogen-bond donors (Lipinski definition) is 0. The number of benzene rings is 8. The van der Waals surface area contributed by atoms with Gasteiger partial charge in [-0.2, -0.15) is 5.26 Å². The van der Waals surface area contributed by atoms with Gasteiger partial charge < -0.3 is 9.13 Å². The largest absolute Gasteiger partial charge is 0.309 e. The first-order valence-corrected chi connectivity index (χ1v) is 19.6. The molecule has 3 aromatic heterocycles. The first kappa shape index (κ1) is 34.6. The molecule has 0 atom stereocenters. The second kappa shape index (κ2) is 14.1. The van der Waals surface area contributed by atoms with E-state index in [1.165, 1.54) is 0 Å². The summed E-state index contributed by atoms with van der Waals surface area (Å²) in [6.45, 7) is 7.70. The molecular formula is C53H31N7. The van der Waals surface area contributed by atoms with Crippen LogP contribution >= 0.6 is 0 Å². The summed E-state index contributed by atoms with van der Waals surface area (Å²) in [6, 6.07) is 65.8. The van der Waals surface area contributed by atoms with Crippen molar-refractivity contribution in [2.75, 3.05) is 0 Å². The molecule has 0 amide bonds. The van der Waals surface area contributed by atoms with Crippen LogP contribution in [-0.4, -0.2) is 24.1 Å². The highest BCUT2D eigenvalue weighted by Gasteiger charge is 2.21. The highest BCUT2D eigenvalue weighted by atomic mass is 15.0. The summed E-state index contributed by atoms with van der Waals surface area (Å²) in [7, 11) is 0. The summed E-state index contributed by atoms with van der Waals surface area (Å²) < 4.78 is 4.51. The van der Waals surface area contributed by atoms with E-state index in [-0.39, 0.29) is 0 Å². The van der Waals surface area contributed by atoms with Gasteiger partial charge >= 0.3 is 0 Å². The first-order valence-electron chi connectivity index (χ1n) is 19.6. The topological polar surface area (TPSA) is 76.7 Å². The van der Waals surface area contributed by atoms with E-state index in [0.717, 1.165) is 82.8 Å². The number of aromatic nitrogens is 5. The predicted octanol–water partition coefficient (Wildman–Crippen LogP) is 13.2. The van der Waals surface area contributed by atoms with Crippen LogP contribution in [0, 0.1) is 17.9 Å². The van der Waals surface area contributed by atoms with Gasteiger partial charge in [-0.3, -0.25) is 0 Å². The van der Waals surface area contributed by atoms with Crippen molar-refractivity contribution in [2.24, 2.45) is 0 Å². The van der Waals surface area contributed by atoms with Crippen LogP contribution in [0.25, 0.3) is 105 Å². The second-order valence-corrected chi connectivity index (χ2v) is 14.6. The van der Waals surface area contributed by atoms with Crippen LogP contribution in [0.1, 0.15) is 5.56 Å². The maximum absolute atomic E-state index is 10.9. The molecule has 0 saturated heterocycles. The summed E-state index contributed by atoms with van der Waals surface area (Å²) in [4.78, 5) is 18.5. The minimum absolute atomic E-state index is 0.489. The van der Waals surface area contributed by atoms with E-state index in [9.17, 15) is 5.26 Å². The lowest BCUT2D eigenvalue weighted by molar-refractivity contribution is 1.07. The van der Waals surface area contributed by atoms with Crippen LogP contribution in [0.2, 0.25) is 0 Å². The molecule has 7 heteroatoms. The molecule has 11 aromatic rings. The Morgan fingerprint density at radius 2 is 0.950 bits per heavy atom. The van der Waals surface area contributed by atoms with Gasteiger partial charge in [0.1, 0.15) is 6.07 Å². The highest BCUT2D eigenvalue weighted by molar-refractivity contribution is 6.19. The van der Waals surface area contributed by atoms with Gasteiger partial charge in [-0.1, -0.05) is 133 Å². The monoisotopic (exact) mass is 765 g/mol. The summed E-state index contributed by atoms with van der Waals surface area (Å²) in [5.41, 5.74) is 11.4. The van der Waals surface area contributed by atoms with Crippen LogP contribution in [0.4, 0.5) is 5.69 Å². The Morgan fingerprint density at radius 1 is 0.433 bits per heavy atom. The summed E-state index contributed by atoms with van der Waals surface area (Å²) in [5.74, 6) is 1.61. The number of rotatable bonds is 6. The molecule has 3 heterocycles. The zero-order valence-corrected chi connectivity index (χ0v) is 32.0. The minimum atomic E-state index is 0.489. The molecule has 0 unspecified atom stereocenters. The number of nitrogens with zero attached hydrogens (tertiary/aromatic N) is 7. The van der Waals surface area contributed by atoms with E-state index in [1.54, 1.807) is 0 Å². The Morgan fingerprint density at radius 3 is 1.57 bits per heavy atom. The Kier molecular flexibility index (Phi) is 8.11. The highest BCUT2D eigenvalue weighted by Crippen LogP contribution is 2.41. The molecule has 0 N–H and O–H groups in total. The van der Waals surface area contributed by atoms with Gasteiger partial charge in [-0.15, -0.1) is 0 Å². The van der Waals surface area contributed by atoms with Crippen molar-refractivity contribution >= 4 is 49.3 Å². The van der Waals surface area contributed by atoms with Crippen molar-refractivity contribution in [3.8, 4) is 62.7 Å². The van der Waals surface area contributed by atoms with E-state index in [4.69, 9.17) is 21.5 Å². The molecule has 0 bridgehead atoms. The molecule has 0 radical (unpaired) electrons. The molecule has 0 saturated carbocycles. The lowest BCUT2D eigenvalue weighted by Crippen LogP contribution is -2.02. The van der Waals surface area contributed by atoms with E-state index < -0.39 is 0 Å². The van der Waals surface area contributed by atoms with Gasteiger partial charge in [0.2, 0.25) is 0 Å². The maximum atomic E-state index is 10.9. The molecule has 278 valence electrons. The van der Waals surface area contributed by atoms with Crippen LogP contribution in [-0.2, 0) is 0 Å². The van der Waals surface area contributed by atoms with E-state index in [1.807, 2.05) is 109 Å². The van der Waals surface area contributed by atoms with Crippen LogP contribution in [0.5, 0.6) is 0 Å². The fraction of sp³-hybridized carbons (Fsp3) is 0. The number of para-hydroxylation sites is 3. The van der Waals surface area contributed by atoms with Gasteiger partial charge in [0, 0.05) is 43.9 Å².